The molecule has 0 aromatic carbocycles. The second-order valence-corrected chi connectivity index (χ2v) is 5.77. The van der Waals surface area contributed by atoms with E-state index in [-0.39, 0.29) is 16.8 Å². The van der Waals surface area contributed by atoms with E-state index in [0.29, 0.717) is 18.4 Å². The zero-order valence-electron chi connectivity index (χ0n) is 9.38. The number of hydrogen-bond acceptors (Lipinski definition) is 4. The Morgan fingerprint density at radius 2 is 1.94 bits per heavy atom. The van der Waals surface area contributed by atoms with Crippen molar-refractivity contribution >= 4 is 40.5 Å². The van der Waals surface area contributed by atoms with Crippen LogP contribution in [0.3, 0.4) is 0 Å². The van der Waals surface area contributed by atoms with E-state index in [4.69, 9.17) is 35.4 Å². The summed E-state index contributed by atoms with van der Waals surface area (Å²) in [5.74, 6) is 0. The Morgan fingerprint density at radius 3 is 2.65 bits per heavy atom. The largest absolute Gasteiger partial charge is 0.357 e. The van der Waals surface area contributed by atoms with Gasteiger partial charge in [0.1, 0.15) is 0 Å². The third-order valence-electron chi connectivity index (χ3n) is 2.97. The highest BCUT2D eigenvalue weighted by molar-refractivity contribution is 7.80. The Balaban J connectivity index is 1.76. The summed E-state index contributed by atoms with van der Waals surface area (Å²) in [5.41, 5.74) is 9.04. The average molecular weight is 298 g/mol. The Labute approximate surface area is 117 Å². The molecule has 0 radical (unpaired) electrons. The van der Waals surface area contributed by atoms with Gasteiger partial charge in [0.2, 0.25) is 0 Å². The lowest BCUT2D eigenvalue weighted by atomic mass is 9.94. The summed E-state index contributed by atoms with van der Waals surface area (Å²) in [4.78, 5) is 0. The first-order valence-corrected chi connectivity index (χ1v) is 7.01. The summed E-state index contributed by atoms with van der Waals surface area (Å²) in [5, 5.41) is 5.72. The lowest BCUT2D eigenvalue weighted by Gasteiger charge is -2.33. The smallest absolute Gasteiger partial charge is 0.181 e. The van der Waals surface area contributed by atoms with Crippen molar-refractivity contribution in [3.63, 3.8) is 0 Å². The van der Waals surface area contributed by atoms with Crippen LogP contribution in [0, 0.1) is 0 Å². The molecule has 4 N–H and O–H groups in total. The molecule has 0 amide bonds. The van der Waals surface area contributed by atoms with Crippen molar-refractivity contribution in [3.8, 4) is 0 Å². The molecule has 2 fully saturated rings. The molecule has 1 aliphatic carbocycles. The van der Waals surface area contributed by atoms with E-state index in [1.165, 1.54) is 0 Å². The third-order valence-corrected chi connectivity index (χ3v) is 4.40. The normalized spacial score (nSPS) is 34.6. The molecular weight excluding hydrogens is 281 g/mol. The molecule has 0 aromatic rings. The first kappa shape index (κ1) is 13.6. The molecular formula is C9H17Cl2N5S. The number of nitrogens with zero attached hydrogens (tertiary/aromatic N) is 1. The molecule has 2 rings (SSSR count). The number of alkyl halides is 2. The molecule has 3 unspecified atom stereocenters. The predicted octanol–water partition coefficient (Wildman–Crippen LogP) is 0.458. The summed E-state index contributed by atoms with van der Waals surface area (Å²) in [6.07, 6.45) is 3.08. The topological polar surface area (TPSA) is 51.4 Å². The van der Waals surface area contributed by atoms with E-state index in [2.05, 4.69) is 21.6 Å². The van der Waals surface area contributed by atoms with Crippen LogP contribution in [-0.2, 0) is 0 Å². The molecule has 2 aliphatic rings. The monoisotopic (exact) mass is 297 g/mol. The first-order valence-electron chi connectivity index (χ1n) is 5.73. The molecule has 17 heavy (non-hydrogen) atoms. The van der Waals surface area contributed by atoms with Gasteiger partial charge in [0.15, 0.2) is 5.11 Å². The third kappa shape index (κ3) is 3.81. The Hall–Kier alpha value is 0.150. The Morgan fingerprint density at radius 1 is 1.24 bits per heavy atom. The Kier molecular flexibility index (Phi) is 5.08. The van der Waals surface area contributed by atoms with E-state index >= 15 is 0 Å². The van der Waals surface area contributed by atoms with Crippen LogP contribution in [0.5, 0.6) is 0 Å². The van der Waals surface area contributed by atoms with Gasteiger partial charge in [-0.3, -0.25) is 5.43 Å². The summed E-state index contributed by atoms with van der Waals surface area (Å²) < 4.78 is 0. The van der Waals surface area contributed by atoms with Gasteiger partial charge < -0.3 is 5.32 Å². The lowest BCUT2D eigenvalue weighted by Crippen LogP contribution is -2.53. The van der Waals surface area contributed by atoms with Crippen molar-refractivity contribution in [1.82, 2.24) is 26.6 Å². The summed E-state index contributed by atoms with van der Waals surface area (Å²) in [6.45, 7) is 1.41. The second kappa shape index (κ2) is 6.36. The van der Waals surface area contributed by atoms with E-state index in [0.717, 1.165) is 19.3 Å². The van der Waals surface area contributed by atoms with Gasteiger partial charge in [-0.15, -0.1) is 23.2 Å². The van der Waals surface area contributed by atoms with Crippen LogP contribution in [0.1, 0.15) is 19.3 Å². The van der Waals surface area contributed by atoms with Gasteiger partial charge in [0, 0.05) is 6.04 Å². The number of hydrazine groups is 2. The minimum absolute atomic E-state index is 0.0286. The summed E-state index contributed by atoms with van der Waals surface area (Å²) >= 11 is 17.7. The molecule has 0 aromatic heterocycles. The zero-order valence-corrected chi connectivity index (χ0v) is 11.7. The molecule has 1 heterocycles. The highest BCUT2D eigenvalue weighted by atomic mass is 35.5. The predicted molar refractivity (Wildman–Crippen MR) is 73.6 cm³/mol. The van der Waals surface area contributed by atoms with Crippen molar-refractivity contribution in [1.29, 1.82) is 0 Å². The van der Waals surface area contributed by atoms with Gasteiger partial charge in [-0.1, -0.05) is 0 Å². The SMILES string of the molecule is S=C(NC1CCCC(Cl)C1Cl)NN1CNNC1. The van der Waals surface area contributed by atoms with E-state index < -0.39 is 0 Å². The van der Waals surface area contributed by atoms with Gasteiger partial charge in [-0.25, -0.2) is 10.9 Å². The van der Waals surface area contributed by atoms with Crippen molar-refractivity contribution in [3.05, 3.63) is 0 Å². The molecule has 1 saturated heterocycles. The van der Waals surface area contributed by atoms with Gasteiger partial charge >= 0.3 is 0 Å². The van der Waals surface area contributed by atoms with Crippen molar-refractivity contribution < 1.29 is 0 Å². The molecule has 0 spiro atoms. The fourth-order valence-corrected chi connectivity index (χ4v) is 2.96. The minimum Gasteiger partial charge on any atom is -0.357 e. The standard InChI is InChI=1S/C9H17Cl2N5S/c10-6-2-1-3-7(8(6)11)14-9(17)15-16-4-12-13-5-16/h6-8,12-13H,1-5H2,(H2,14,15,17). The maximum absolute atomic E-state index is 6.27. The minimum atomic E-state index is -0.0694. The number of rotatable bonds is 2. The molecule has 0 bridgehead atoms. The number of hydrogen-bond donors (Lipinski definition) is 4. The van der Waals surface area contributed by atoms with Gasteiger partial charge in [-0.05, 0) is 31.5 Å². The highest BCUT2D eigenvalue weighted by Crippen LogP contribution is 2.27. The van der Waals surface area contributed by atoms with Gasteiger partial charge in [0.05, 0.1) is 24.1 Å². The van der Waals surface area contributed by atoms with Crippen LogP contribution in [0.25, 0.3) is 0 Å². The first-order chi connectivity index (χ1) is 8.16. The summed E-state index contributed by atoms with van der Waals surface area (Å²) in [6, 6.07) is 0.149. The van der Waals surface area contributed by atoms with Gasteiger partial charge in [0.25, 0.3) is 0 Å². The zero-order chi connectivity index (χ0) is 12.3. The van der Waals surface area contributed by atoms with Crippen LogP contribution in [0.2, 0.25) is 0 Å². The highest BCUT2D eigenvalue weighted by Gasteiger charge is 2.31. The molecule has 3 atom stereocenters. The van der Waals surface area contributed by atoms with Crippen molar-refractivity contribution in [2.45, 2.75) is 36.1 Å². The molecule has 1 saturated carbocycles. The number of thiocarbonyl (C=S) groups is 1. The van der Waals surface area contributed by atoms with E-state index in [9.17, 15) is 0 Å². The van der Waals surface area contributed by atoms with E-state index in [1.807, 2.05) is 5.01 Å². The average Bonchev–Trinajstić information content (AvgIpc) is 2.77. The van der Waals surface area contributed by atoms with Crippen molar-refractivity contribution in [2.75, 3.05) is 13.3 Å². The van der Waals surface area contributed by atoms with Crippen LogP contribution in [-0.4, -0.2) is 40.3 Å². The maximum atomic E-state index is 6.27. The summed E-state index contributed by atoms with van der Waals surface area (Å²) in [7, 11) is 0. The second-order valence-electron chi connectivity index (χ2n) is 4.29. The lowest BCUT2D eigenvalue weighted by molar-refractivity contribution is 0.282. The van der Waals surface area contributed by atoms with Crippen LogP contribution >= 0.6 is 35.4 Å². The number of nitrogens with one attached hydrogen (secondary N) is 4. The fraction of sp³-hybridized carbons (Fsp3) is 0.889. The van der Waals surface area contributed by atoms with Gasteiger partial charge in [-0.2, -0.15) is 5.01 Å². The molecule has 5 nitrogen and oxygen atoms in total. The fourth-order valence-electron chi connectivity index (χ4n) is 2.04. The van der Waals surface area contributed by atoms with Crippen molar-refractivity contribution in [2.24, 2.45) is 0 Å². The molecule has 8 heteroatoms. The van der Waals surface area contributed by atoms with Crippen LogP contribution < -0.4 is 21.6 Å². The van der Waals surface area contributed by atoms with Crippen LogP contribution in [0.4, 0.5) is 0 Å². The Bertz CT molecular complexity index is 274. The molecule has 98 valence electrons. The number of halogens is 2. The quantitative estimate of drug-likeness (QED) is 0.439. The van der Waals surface area contributed by atoms with E-state index in [1.54, 1.807) is 0 Å². The maximum Gasteiger partial charge on any atom is 0.181 e. The molecule has 1 aliphatic heterocycles. The van der Waals surface area contributed by atoms with Crippen LogP contribution in [0.15, 0.2) is 0 Å².